The van der Waals surface area contributed by atoms with Crippen molar-refractivity contribution >= 4 is 5.91 Å². The number of nitrogens with one attached hydrogen (secondary N) is 1. The van der Waals surface area contributed by atoms with Gasteiger partial charge in [0.15, 0.2) is 0 Å². The van der Waals surface area contributed by atoms with E-state index < -0.39 is 5.82 Å². The highest BCUT2D eigenvalue weighted by Gasteiger charge is 2.31. The summed E-state index contributed by atoms with van der Waals surface area (Å²) in [4.78, 5) is 16.8. The number of carbonyl (C=O) groups is 1. The lowest BCUT2D eigenvalue weighted by atomic mass is 9.89. The molecule has 2 aliphatic heterocycles. The van der Waals surface area contributed by atoms with Crippen LogP contribution in [0.5, 0.6) is 0 Å². The number of carbonyl (C=O) groups excluding carboxylic acids is 1. The molecule has 0 spiro atoms. The second-order valence-corrected chi connectivity index (χ2v) is 7.14. The van der Waals surface area contributed by atoms with Crippen LogP contribution < -0.4 is 5.32 Å². The van der Waals surface area contributed by atoms with E-state index in [4.69, 9.17) is 0 Å². The molecular formula is C18H26FN3O. The van der Waals surface area contributed by atoms with Gasteiger partial charge in [0.2, 0.25) is 0 Å². The summed E-state index contributed by atoms with van der Waals surface area (Å²) >= 11 is 0. The van der Waals surface area contributed by atoms with E-state index >= 15 is 0 Å². The number of nitrogens with zero attached hydrogens (tertiary/aromatic N) is 2. The minimum Gasteiger partial charge on any atom is -0.337 e. The van der Waals surface area contributed by atoms with Crippen molar-refractivity contribution in [2.24, 2.45) is 5.41 Å². The van der Waals surface area contributed by atoms with E-state index in [-0.39, 0.29) is 11.5 Å². The van der Waals surface area contributed by atoms with E-state index in [0.717, 1.165) is 39.1 Å². The monoisotopic (exact) mass is 319 g/mol. The first-order valence-corrected chi connectivity index (χ1v) is 8.54. The number of halogens is 1. The van der Waals surface area contributed by atoms with Crippen LogP contribution in [0.1, 0.15) is 30.1 Å². The molecule has 3 rings (SSSR count). The van der Waals surface area contributed by atoms with Gasteiger partial charge < -0.3 is 15.1 Å². The zero-order valence-electron chi connectivity index (χ0n) is 13.9. The van der Waals surface area contributed by atoms with Gasteiger partial charge in [-0.25, -0.2) is 4.39 Å². The summed E-state index contributed by atoms with van der Waals surface area (Å²) in [5.74, 6) is -0.609. The largest absolute Gasteiger partial charge is 0.337 e. The molecular weight excluding hydrogens is 293 g/mol. The van der Waals surface area contributed by atoms with E-state index in [1.807, 2.05) is 0 Å². The molecule has 2 aliphatic rings. The van der Waals surface area contributed by atoms with E-state index in [1.165, 1.54) is 12.5 Å². The van der Waals surface area contributed by atoms with Crippen molar-refractivity contribution in [1.29, 1.82) is 0 Å². The maximum Gasteiger partial charge on any atom is 0.256 e. The molecule has 1 N–H and O–H groups in total. The topological polar surface area (TPSA) is 35.6 Å². The Kier molecular flexibility index (Phi) is 4.97. The third-order valence-electron chi connectivity index (χ3n) is 5.04. The van der Waals surface area contributed by atoms with E-state index in [1.54, 1.807) is 23.1 Å². The fourth-order valence-corrected chi connectivity index (χ4v) is 3.68. The molecule has 0 aliphatic carbocycles. The van der Waals surface area contributed by atoms with Crippen molar-refractivity contribution in [3.05, 3.63) is 35.6 Å². The summed E-state index contributed by atoms with van der Waals surface area (Å²) in [5.41, 5.74) is 0.526. The lowest BCUT2D eigenvalue weighted by Gasteiger charge is -2.31. The molecule has 1 aromatic rings. The Morgan fingerprint density at radius 3 is 2.83 bits per heavy atom. The summed E-state index contributed by atoms with van der Waals surface area (Å²) in [6.07, 6.45) is 2.16. The molecule has 2 fully saturated rings. The predicted octanol–water partition coefficient (Wildman–Crippen LogP) is 1.97. The second kappa shape index (κ2) is 6.97. The number of hydrogen-bond donors (Lipinski definition) is 1. The van der Waals surface area contributed by atoms with Crippen molar-refractivity contribution in [3.8, 4) is 0 Å². The van der Waals surface area contributed by atoms with Crippen molar-refractivity contribution in [2.45, 2.75) is 19.8 Å². The molecule has 1 unspecified atom stereocenters. The third kappa shape index (κ3) is 3.90. The number of hydrogen-bond acceptors (Lipinski definition) is 3. The van der Waals surface area contributed by atoms with Gasteiger partial charge in [-0.2, -0.15) is 0 Å². The van der Waals surface area contributed by atoms with Crippen LogP contribution in [0.15, 0.2) is 24.3 Å². The maximum absolute atomic E-state index is 13.8. The van der Waals surface area contributed by atoms with Gasteiger partial charge in [0.25, 0.3) is 5.91 Å². The van der Waals surface area contributed by atoms with Gasteiger partial charge in [0, 0.05) is 32.7 Å². The van der Waals surface area contributed by atoms with Crippen LogP contribution in [0.2, 0.25) is 0 Å². The first-order valence-electron chi connectivity index (χ1n) is 8.54. The summed E-state index contributed by atoms with van der Waals surface area (Å²) in [6, 6.07) is 6.26. The molecule has 1 amide bonds. The van der Waals surface area contributed by atoms with E-state index in [0.29, 0.717) is 18.5 Å². The Bertz CT molecular complexity index is 557. The van der Waals surface area contributed by atoms with Crippen molar-refractivity contribution < 1.29 is 9.18 Å². The zero-order chi connectivity index (χ0) is 16.3. The normalized spacial score (nSPS) is 26.3. The zero-order valence-corrected chi connectivity index (χ0v) is 13.9. The fourth-order valence-electron chi connectivity index (χ4n) is 3.68. The van der Waals surface area contributed by atoms with E-state index in [2.05, 4.69) is 17.1 Å². The van der Waals surface area contributed by atoms with E-state index in [9.17, 15) is 9.18 Å². The molecule has 5 heteroatoms. The second-order valence-electron chi connectivity index (χ2n) is 7.14. The van der Waals surface area contributed by atoms with Gasteiger partial charge in [-0.1, -0.05) is 19.1 Å². The highest BCUT2D eigenvalue weighted by Crippen LogP contribution is 2.26. The molecule has 2 saturated heterocycles. The smallest absolute Gasteiger partial charge is 0.256 e. The molecule has 0 aromatic heterocycles. The quantitative estimate of drug-likeness (QED) is 0.925. The molecule has 1 aromatic carbocycles. The van der Waals surface area contributed by atoms with Crippen LogP contribution in [0.4, 0.5) is 4.39 Å². The van der Waals surface area contributed by atoms with Crippen LogP contribution in [0, 0.1) is 11.2 Å². The molecule has 126 valence electrons. The lowest BCUT2D eigenvalue weighted by molar-refractivity contribution is 0.0754. The SMILES string of the molecule is CC1(CN2CCCN(C(=O)c3ccccc3F)CC2)CCNC1. The van der Waals surface area contributed by atoms with Crippen molar-refractivity contribution in [3.63, 3.8) is 0 Å². The number of amides is 1. The van der Waals surface area contributed by atoms with Gasteiger partial charge >= 0.3 is 0 Å². The minimum absolute atomic E-state index is 0.182. The molecule has 1 atom stereocenters. The molecule has 0 bridgehead atoms. The fraction of sp³-hybridized carbons (Fsp3) is 0.611. The Morgan fingerprint density at radius 1 is 1.26 bits per heavy atom. The lowest BCUT2D eigenvalue weighted by Crippen LogP contribution is -2.40. The van der Waals surface area contributed by atoms with Gasteiger partial charge in [0.05, 0.1) is 5.56 Å². The average Bonchev–Trinajstić information content (AvgIpc) is 2.83. The summed E-state index contributed by atoms with van der Waals surface area (Å²) < 4.78 is 13.8. The maximum atomic E-state index is 13.8. The highest BCUT2D eigenvalue weighted by atomic mass is 19.1. The number of rotatable bonds is 3. The highest BCUT2D eigenvalue weighted by molar-refractivity contribution is 5.94. The third-order valence-corrected chi connectivity index (χ3v) is 5.04. The van der Waals surface area contributed by atoms with Crippen molar-refractivity contribution in [2.75, 3.05) is 45.8 Å². The number of benzene rings is 1. The Morgan fingerprint density at radius 2 is 2.09 bits per heavy atom. The van der Waals surface area contributed by atoms with Crippen LogP contribution in [0.3, 0.4) is 0 Å². The van der Waals surface area contributed by atoms with Crippen LogP contribution in [-0.4, -0.2) is 61.5 Å². The molecule has 0 radical (unpaired) electrons. The van der Waals surface area contributed by atoms with Gasteiger partial charge in [0.1, 0.15) is 5.82 Å². The molecule has 0 saturated carbocycles. The summed E-state index contributed by atoms with van der Waals surface area (Å²) in [6.45, 7) is 8.84. The average molecular weight is 319 g/mol. The first-order chi connectivity index (χ1) is 11.1. The molecule has 23 heavy (non-hydrogen) atoms. The molecule has 4 nitrogen and oxygen atoms in total. The van der Waals surface area contributed by atoms with Crippen molar-refractivity contribution in [1.82, 2.24) is 15.1 Å². The Labute approximate surface area is 137 Å². The summed E-state index contributed by atoms with van der Waals surface area (Å²) in [7, 11) is 0. The first kappa shape index (κ1) is 16.4. The predicted molar refractivity (Wildman–Crippen MR) is 89.0 cm³/mol. The minimum atomic E-state index is -0.428. The van der Waals surface area contributed by atoms with Crippen LogP contribution in [0.25, 0.3) is 0 Å². The Hall–Kier alpha value is -1.46. The van der Waals surface area contributed by atoms with Crippen LogP contribution >= 0.6 is 0 Å². The van der Waals surface area contributed by atoms with Crippen LogP contribution in [-0.2, 0) is 0 Å². The van der Waals surface area contributed by atoms with Gasteiger partial charge in [-0.3, -0.25) is 4.79 Å². The molecule has 2 heterocycles. The summed E-state index contributed by atoms with van der Waals surface area (Å²) in [5, 5.41) is 3.44. The van der Waals surface area contributed by atoms with Gasteiger partial charge in [-0.05, 0) is 43.5 Å². The Balaban J connectivity index is 1.60. The van der Waals surface area contributed by atoms with Gasteiger partial charge in [-0.15, -0.1) is 0 Å². The standard InChI is InChI=1S/C18H26FN3O/c1-18(7-8-20-13-18)14-21-9-4-10-22(12-11-21)17(23)15-5-2-3-6-16(15)19/h2-3,5-6,20H,4,7-14H2,1H3.